The fraction of sp³-hybridized carbons (Fsp3) is 0. The fourth-order valence-electron chi connectivity index (χ4n) is 17.5. The molecule has 0 bridgehead atoms. The topological polar surface area (TPSA) is 124 Å². The highest BCUT2D eigenvalue weighted by Gasteiger charge is 2.24. The summed E-state index contributed by atoms with van der Waals surface area (Å²) in [6, 6.07) is 127. The van der Waals surface area contributed by atoms with Gasteiger partial charge in [0.05, 0.1) is 108 Å². The van der Waals surface area contributed by atoms with Gasteiger partial charge in [0.15, 0.2) is 0 Å². The first-order valence-corrected chi connectivity index (χ1v) is 42.4. The van der Waals surface area contributed by atoms with Crippen LogP contribution in [0.4, 0.5) is 0 Å². The standard InChI is InChI=1S/C31H20N2O.C30H21N3O.C29H22N2O.C26H17NO/c1-3-9-21(10-4-1)24-19-26(22-11-5-2-6-12-22)32-29(20-24)33-27-14-8-7-13-25(27)30-28(33)16-15-23-17-18-34-31(23)30;1-2-3-4-8-13-23-20-25(21-11-6-5-7-12-21)32-30(31-23)33-26-15-10-9-14-24(26)28-27(33)17-16-22-18-19-34-29(22)28;1-3-4-11-21(2)23-12-7-5-6-8-15-27(30-20-23)31-25-14-10-9-13-24(25)28-26(31)17-16-22-18-19-32-29(22)28;1-2-6-18(7-3-1)19-10-13-21(14-11-19)27-23-9-5-4-8-22(23)25-24(27)15-12-20-16-17-28-26(20)25/h1-20H;2-20H,1H2;3-20H,1-2H2;1-17H/b;4-3-,13-8+;6-5?,7-5?,8-6?,11-4-,12-7?,15-8?,23-12?,23-20?,27-15?,30-20?,30-27?;. The van der Waals surface area contributed by atoms with Crippen molar-refractivity contribution in [2.45, 2.75) is 0 Å². The second-order valence-electron chi connectivity index (χ2n) is 31.0. The van der Waals surface area contributed by atoms with Crippen molar-refractivity contribution in [1.82, 2.24) is 38.2 Å². The third-order valence-corrected chi connectivity index (χ3v) is 23.3. The number of allylic oxidation sites excluding steroid dienone is 8. The SMILES string of the molecule is C=C/C=C\C(=C)c1ccccccc(-n2c3ccccc3c3c4occc4ccc32)nc1.C=C/C=C\C=C\c1cc(-c2ccccc2)nc(-n2c3ccccc3c3c4occc4ccc32)n1.c1ccc(-c2cc(-c3ccccc3)nc(-n3c4ccccc4c4c5occc5ccc43)c2)cc1.c1ccc(-c2ccc(-n3c4ccccc4c4c5occc5ccc43)cc2)cc1. The van der Waals surface area contributed by atoms with E-state index in [0.717, 1.165) is 183 Å². The van der Waals surface area contributed by atoms with Crippen LogP contribution in [0.2, 0.25) is 0 Å². The van der Waals surface area contributed by atoms with E-state index in [-0.39, 0.29) is 0 Å². The Labute approximate surface area is 736 Å². The lowest BCUT2D eigenvalue weighted by Gasteiger charge is -2.13. The van der Waals surface area contributed by atoms with Crippen LogP contribution in [0.15, 0.2) is 481 Å². The average molecular weight is 1650 g/mol. The quantitative estimate of drug-likeness (QED) is 0.0986. The maximum absolute atomic E-state index is 5.94. The van der Waals surface area contributed by atoms with Gasteiger partial charge in [0.2, 0.25) is 5.95 Å². The van der Waals surface area contributed by atoms with E-state index in [9.17, 15) is 0 Å². The number of benzene rings is 13. The molecule has 11 heterocycles. The number of rotatable bonds is 14. The minimum atomic E-state index is 0.616. The highest BCUT2D eigenvalue weighted by Crippen LogP contribution is 2.43. The van der Waals surface area contributed by atoms with Gasteiger partial charge in [-0.2, -0.15) is 0 Å². The number of hydrogen-bond donors (Lipinski definition) is 0. The molecular weight excluding hydrogens is 1570 g/mol. The molecule has 11 aromatic heterocycles. The third-order valence-electron chi connectivity index (χ3n) is 23.3. The van der Waals surface area contributed by atoms with Gasteiger partial charge in [0.1, 0.15) is 34.0 Å². The molecule has 0 amide bonds. The molecule has 12 heteroatoms. The lowest BCUT2D eigenvalue weighted by atomic mass is 10.0. The summed E-state index contributed by atoms with van der Waals surface area (Å²) in [6.07, 6.45) is 23.9. The Morgan fingerprint density at radius 2 is 0.664 bits per heavy atom. The van der Waals surface area contributed by atoms with Crippen molar-refractivity contribution in [3.63, 3.8) is 0 Å². The first kappa shape index (κ1) is 77.8. The van der Waals surface area contributed by atoms with Crippen molar-refractivity contribution >= 4 is 143 Å². The number of pyridine rings is 1. The van der Waals surface area contributed by atoms with Crippen LogP contribution in [0.1, 0.15) is 11.3 Å². The van der Waals surface area contributed by atoms with Gasteiger partial charge >= 0.3 is 0 Å². The van der Waals surface area contributed by atoms with Crippen LogP contribution in [-0.2, 0) is 0 Å². The Bertz CT molecular complexity index is 8450. The molecule has 0 aliphatic carbocycles. The van der Waals surface area contributed by atoms with E-state index in [4.69, 9.17) is 37.6 Å². The zero-order valence-electron chi connectivity index (χ0n) is 69.6. The molecule has 128 heavy (non-hydrogen) atoms. The second kappa shape index (κ2) is 34.4. The number of nitrogens with zero attached hydrogens (tertiary/aromatic N) is 8. The highest BCUT2D eigenvalue weighted by molar-refractivity contribution is 6.23. The van der Waals surface area contributed by atoms with Crippen LogP contribution in [0.3, 0.4) is 0 Å². The normalized spacial score (nSPS) is 11.6. The van der Waals surface area contributed by atoms with Gasteiger partial charge in [-0.15, -0.1) is 0 Å². The Kier molecular flexibility index (Phi) is 20.9. The van der Waals surface area contributed by atoms with Gasteiger partial charge in [-0.25, -0.2) is 19.9 Å². The van der Waals surface area contributed by atoms with Crippen LogP contribution in [0.25, 0.3) is 211 Å². The summed E-state index contributed by atoms with van der Waals surface area (Å²) in [6.45, 7) is 11.6. The van der Waals surface area contributed by atoms with Crippen LogP contribution in [0.5, 0.6) is 0 Å². The zero-order chi connectivity index (χ0) is 85.8. The van der Waals surface area contributed by atoms with Gasteiger partial charge in [-0.05, 0) is 173 Å². The summed E-state index contributed by atoms with van der Waals surface area (Å²) in [5.74, 6) is 2.31. The smallest absolute Gasteiger partial charge is 0.235 e. The molecule has 24 aromatic rings. The Morgan fingerprint density at radius 1 is 0.281 bits per heavy atom. The Morgan fingerprint density at radius 3 is 1.15 bits per heavy atom. The van der Waals surface area contributed by atoms with Gasteiger partial charge in [0, 0.05) is 66.1 Å². The molecule has 0 spiro atoms. The molecule has 0 aliphatic heterocycles. The first-order chi connectivity index (χ1) is 63.4. The maximum atomic E-state index is 5.94. The number of fused-ring (bicyclic) bond motifs is 20. The summed E-state index contributed by atoms with van der Waals surface area (Å²) in [7, 11) is 0. The second-order valence-corrected chi connectivity index (χ2v) is 31.0. The predicted molar refractivity (Wildman–Crippen MR) is 530 cm³/mol. The molecule has 12 nitrogen and oxygen atoms in total. The summed E-state index contributed by atoms with van der Waals surface area (Å²) in [5, 5.41) is 13.5. The van der Waals surface area contributed by atoms with Gasteiger partial charge < -0.3 is 22.2 Å². The molecular formula is C116H80N8O4. The molecule has 0 fully saturated rings. The number of aromatic nitrogens is 8. The van der Waals surface area contributed by atoms with Gasteiger partial charge in [0.25, 0.3) is 0 Å². The third kappa shape index (κ3) is 14.7. The first-order valence-electron chi connectivity index (χ1n) is 42.4. The van der Waals surface area contributed by atoms with Gasteiger partial charge in [-0.1, -0.05) is 299 Å². The number of furan rings is 4. The van der Waals surface area contributed by atoms with Crippen LogP contribution in [0, 0.1) is 0 Å². The van der Waals surface area contributed by atoms with E-state index in [1.807, 2.05) is 158 Å². The summed E-state index contributed by atoms with van der Waals surface area (Å²) >= 11 is 0. The van der Waals surface area contributed by atoms with E-state index in [0.29, 0.717) is 5.95 Å². The Hall–Kier alpha value is -17.5. The molecule has 13 aromatic carbocycles. The van der Waals surface area contributed by atoms with Crippen molar-refractivity contribution in [3.8, 4) is 68.0 Å². The zero-order valence-corrected chi connectivity index (χ0v) is 69.6. The largest absolute Gasteiger partial charge is 0.464 e. The summed E-state index contributed by atoms with van der Waals surface area (Å²) in [5.41, 5.74) is 24.8. The molecule has 24 rings (SSSR count). The molecule has 608 valence electrons. The Balaban J connectivity index is 0.000000104. The average Bonchev–Trinajstić information content (AvgIpc) is 1.59. The van der Waals surface area contributed by atoms with Crippen LogP contribution >= 0.6 is 0 Å². The molecule has 0 radical (unpaired) electrons. The minimum Gasteiger partial charge on any atom is -0.464 e. The minimum absolute atomic E-state index is 0.616. The van der Waals surface area contributed by atoms with Crippen LogP contribution < -0.4 is 0 Å². The van der Waals surface area contributed by atoms with Crippen molar-refractivity contribution in [1.29, 1.82) is 0 Å². The fourth-order valence-corrected chi connectivity index (χ4v) is 17.5. The van der Waals surface area contributed by atoms with E-state index in [1.54, 1.807) is 37.2 Å². The molecule has 0 atom stereocenters. The van der Waals surface area contributed by atoms with E-state index in [1.165, 1.54) is 27.4 Å². The highest BCUT2D eigenvalue weighted by atomic mass is 16.3. The predicted octanol–water partition coefficient (Wildman–Crippen LogP) is 31.0. The van der Waals surface area contributed by atoms with Crippen molar-refractivity contribution in [2.24, 2.45) is 0 Å². The van der Waals surface area contributed by atoms with Crippen molar-refractivity contribution < 1.29 is 17.7 Å². The summed E-state index contributed by atoms with van der Waals surface area (Å²) in [4.78, 5) is 20.0. The van der Waals surface area contributed by atoms with E-state index >= 15 is 0 Å². The monoisotopic (exact) mass is 1650 g/mol. The molecule has 0 saturated carbocycles. The van der Waals surface area contributed by atoms with E-state index in [2.05, 4.69) is 293 Å². The summed E-state index contributed by atoms with van der Waals surface area (Å²) < 4.78 is 32.4. The number of para-hydroxylation sites is 4. The van der Waals surface area contributed by atoms with Gasteiger partial charge in [-0.3, -0.25) is 13.7 Å². The molecule has 0 unspecified atom stereocenters. The van der Waals surface area contributed by atoms with Crippen molar-refractivity contribution in [2.75, 3.05) is 0 Å². The molecule has 0 N–H and O–H groups in total. The lowest BCUT2D eigenvalue weighted by Crippen LogP contribution is -2.03. The lowest BCUT2D eigenvalue weighted by molar-refractivity contribution is 0.619. The molecule has 0 aliphatic rings. The number of hydrogen-bond acceptors (Lipinski definition) is 8. The maximum Gasteiger partial charge on any atom is 0.235 e. The van der Waals surface area contributed by atoms with Crippen molar-refractivity contribution in [3.05, 3.63) is 475 Å². The van der Waals surface area contributed by atoms with E-state index < -0.39 is 0 Å². The van der Waals surface area contributed by atoms with Crippen LogP contribution in [-0.4, -0.2) is 38.2 Å². The molecule has 0 saturated heterocycles.